The zero-order valence-corrected chi connectivity index (χ0v) is 15.5. The van der Waals surface area contributed by atoms with Gasteiger partial charge in [-0.15, -0.1) is 0 Å². The second-order valence-corrected chi connectivity index (χ2v) is 6.91. The van der Waals surface area contributed by atoms with Crippen LogP contribution in [0.5, 0.6) is 0 Å². The number of benzene rings is 1. The molecule has 0 saturated carbocycles. The quantitative estimate of drug-likeness (QED) is 0.744. The van der Waals surface area contributed by atoms with Crippen LogP contribution in [0.1, 0.15) is 53.6 Å². The second-order valence-electron chi connectivity index (χ2n) is 6.91. The first-order chi connectivity index (χ1) is 12.6. The highest BCUT2D eigenvalue weighted by molar-refractivity contribution is 6.04. The Morgan fingerprint density at radius 1 is 1.08 bits per heavy atom. The van der Waals surface area contributed by atoms with Crippen LogP contribution in [-0.2, 0) is 0 Å². The molecule has 1 aromatic carbocycles. The predicted molar refractivity (Wildman–Crippen MR) is 106 cm³/mol. The van der Waals surface area contributed by atoms with Gasteiger partial charge in [-0.05, 0) is 69.2 Å². The Morgan fingerprint density at radius 3 is 2.46 bits per heavy atom. The van der Waals surface area contributed by atoms with Crippen molar-refractivity contribution in [3.63, 3.8) is 0 Å². The number of nitrogens with one attached hydrogen (secondary N) is 2. The summed E-state index contributed by atoms with van der Waals surface area (Å²) >= 11 is 0. The van der Waals surface area contributed by atoms with Crippen molar-refractivity contribution >= 4 is 17.5 Å². The van der Waals surface area contributed by atoms with E-state index in [1.807, 2.05) is 26.0 Å². The summed E-state index contributed by atoms with van der Waals surface area (Å²) in [5.74, 6) is 0.360. The highest BCUT2D eigenvalue weighted by atomic mass is 16.1. The van der Waals surface area contributed by atoms with Crippen molar-refractivity contribution in [3.05, 3.63) is 58.9 Å². The molecule has 0 fully saturated rings. The van der Waals surface area contributed by atoms with E-state index < -0.39 is 0 Å². The highest BCUT2D eigenvalue weighted by Crippen LogP contribution is 2.20. The van der Waals surface area contributed by atoms with Gasteiger partial charge in [0.15, 0.2) is 0 Å². The van der Waals surface area contributed by atoms with Gasteiger partial charge in [-0.3, -0.25) is 4.79 Å². The molecule has 0 spiro atoms. The van der Waals surface area contributed by atoms with Gasteiger partial charge in [0.05, 0.1) is 5.56 Å². The van der Waals surface area contributed by atoms with E-state index in [4.69, 9.17) is 0 Å². The maximum absolute atomic E-state index is 12.3. The lowest BCUT2D eigenvalue weighted by Gasteiger charge is -2.13. The van der Waals surface area contributed by atoms with Gasteiger partial charge in [-0.25, -0.2) is 9.97 Å². The molecule has 5 nitrogen and oxygen atoms in total. The monoisotopic (exact) mass is 350 g/mol. The molecule has 1 aliphatic rings. The molecule has 2 aromatic rings. The van der Waals surface area contributed by atoms with Gasteiger partial charge in [0, 0.05) is 24.6 Å². The number of aryl methyl sites for hydroxylation is 2. The average Bonchev–Trinajstić information content (AvgIpc) is 2.62. The lowest BCUT2D eigenvalue weighted by Crippen LogP contribution is -2.14. The second kappa shape index (κ2) is 8.61. The molecule has 1 aliphatic carbocycles. The van der Waals surface area contributed by atoms with Crippen molar-refractivity contribution in [2.75, 3.05) is 17.2 Å². The summed E-state index contributed by atoms with van der Waals surface area (Å²) in [6, 6.07) is 5.96. The van der Waals surface area contributed by atoms with Gasteiger partial charge in [0.1, 0.15) is 0 Å². The third kappa shape index (κ3) is 5.15. The SMILES string of the molecule is Cc1cc(C)cc(NC(=O)c2cnc(NCCC3=CCCCC3)nc2)c1. The van der Waals surface area contributed by atoms with E-state index in [0.29, 0.717) is 11.5 Å². The van der Waals surface area contributed by atoms with E-state index in [1.165, 1.54) is 31.3 Å². The minimum atomic E-state index is -0.200. The first-order valence-electron chi connectivity index (χ1n) is 9.23. The Morgan fingerprint density at radius 2 is 1.81 bits per heavy atom. The van der Waals surface area contributed by atoms with Crippen molar-refractivity contribution in [1.29, 1.82) is 0 Å². The lowest BCUT2D eigenvalue weighted by molar-refractivity contribution is 0.102. The Labute approximate surface area is 155 Å². The molecule has 2 N–H and O–H groups in total. The molecule has 5 heteroatoms. The van der Waals surface area contributed by atoms with Crippen LogP contribution in [0.15, 0.2) is 42.2 Å². The van der Waals surface area contributed by atoms with E-state index >= 15 is 0 Å². The topological polar surface area (TPSA) is 66.9 Å². The Bertz CT molecular complexity index is 776. The van der Waals surface area contributed by atoms with Crippen molar-refractivity contribution in [2.24, 2.45) is 0 Å². The molecule has 136 valence electrons. The molecule has 0 bridgehead atoms. The molecule has 1 aromatic heterocycles. The van der Waals surface area contributed by atoms with E-state index in [9.17, 15) is 4.79 Å². The van der Waals surface area contributed by atoms with Gasteiger partial charge in [-0.2, -0.15) is 0 Å². The van der Waals surface area contributed by atoms with Crippen LogP contribution >= 0.6 is 0 Å². The summed E-state index contributed by atoms with van der Waals surface area (Å²) in [6.07, 6.45) is 11.5. The molecule has 0 aliphatic heterocycles. The standard InChI is InChI=1S/C21H26N4O/c1-15-10-16(2)12-19(11-15)25-20(26)18-13-23-21(24-14-18)22-9-8-17-6-4-3-5-7-17/h6,10-14H,3-5,7-9H2,1-2H3,(H,25,26)(H,22,23,24). The molecular weight excluding hydrogens is 324 g/mol. The third-order valence-corrected chi connectivity index (χ3v) is 4.51. The minimum absolute atomic E-state index is 0.200. The van der Waals surface area contributed by atoms with Crippen LogP contribution in [0.2, 0.25) is 0 Å². The van der Waals surface area contributed by atoms with Gasteiger partial charge in [-0.1, -0.05) is 17.7 Å². The zero-order valence-electron chi connectivity index (χ0n) is 15.5. The number of carbonyl (C=O) groups excluding carboxylic acids is 1. The van der Waals surface area contributed by atoms with Crippen LogP contribution in [-0.4, -0.2) is 22.4 Å². The average molecular weight is 350 g/mol. The fraction of sp³-hybridized carbons (Fsp3) is 0.381. The lowest BCUT2D eigenvalue weighted by atomic mass is 9.97. The first kappa shape index (κ1) is 18.1. The van der Waals surface area contributed by atoms with Gasteiger partial charge in [0.2, 0.25) is 5.95 Å². The fourth-order valence-corrected chi connectivity index (χ4v) is 3.25. The van der Waals surface area contributed by atoms with Crippen LogP contribution in [0.4, 0.5) is 11.6 Å². The maximum Gasteiger partial charge on any atom is 0.258 e. The van der Waals surface area contributed by atoms with Crippen LogP contribution in [0.25, 0.3) is 0 Å². The summed E-state index contributed by atoms with van der Waals surface area (Å²) in [4.78, 5) is 20.9. The van der Waals surface area contributed by atoms with E-state index in [-0.39, 0.29) is 5.91 Å². The van der Waals surface area contributed by atoms with E-state index in [2.05, 4.69) is 32.7 Å². The van der Waals surface area contributed by atoms with Crippen molar-refractivity contribution in [3.8, 4) is 0 Å². The molecule has 26 heavy (non-hydrogen) atoms. The summed E-state index contributed by atoms with van der Waals surface area (Å²) in [6.45, 7) is 4.84. The molecule has 0 saturated heterocycles. The summed E-state index contributed by atoms with van der Waals surface area (Å²) in [7, 11) is 0. The van der Waals surface area contributed by atoms with E-state index in [0.717, 1.165) is 29.8 Å². The van der Waals surface area contributed by atoms with Crippen LogP contribution in [0.3, 0.4) is 0 Å². The van der Waals surface area contributed by atoms with Gasteiger partial charge >= 0.3 is 0 Å². The third-order valence-electron chi connectivity index (χ3n) is 4.51. The number of anilines is 2. The predicted octanol–water partition coefficient (Wildman–Crippen LogP) is 4.65. The number of rotatable bonds is 6. The number of hydrogen-bond donors (Lipinski definition) is 2. The molecule has 1 heterocycles. The summed E-state index contributed by atoms with van der Waals surface area (Å²) < 4.78 is 0. The van der Waals surface area contributed by atoms with E-state index in [1.54, 1.807) is 12.4 Å². The fourth-order valence-electron chi connectivity index (χ4n) is 3.25. The number of hydrogen-bond acceptors (Lipinski definition) is 4. The first-order valence-corrected chi connectivity index (χ1v) is 9.23. The maximum atomic E-state index is 12.3. The number of nitrogens with zero attached hydrogens (tertiary/aromatic N) is 2. The van der Waals surface area contributed by atoms with Crippen molar-refractivity contribution in [2.45, 2.75) is 46.0 Å². The molecule has 0 unspecified atom stereocenters. The number of allylic oxidation sites excluding steroid dienone is 1. The largest absolute Gasteiger partial charge is 0.354 e. The summed E-state index contributed by atoms with van der Waals surface area (Å²) in [5, 5.41) is 6.13. The van der Waals surface area contributed by atoms with Crippen LogP contribution < -0.4 is 10.6 Å². The zero-order chi connectivity index (χ0) is 18.4. The van der Waals surface area contributed by atoms with Crippen molar-refractivity contribution in [1.82, 2.24) is 9.97 Å². The molecular formula is C21H26N4O. The molecule has 3 rings (SSSR count). The molecule has 0 radical (unpaired) electrons. The van der Waals surface area contributed by atoms with Crippen LogP contribution in [0, 0.1) is 13.8 Å². The molecule has 1 amide bonds. The van der Waals surface area contributed by atoms with Crippen molar-refractivity contribution < 1.29 is 4.79 Å². The Hall–Kier alpha value is -2.69. The van der Waals surface area contributed by atoms with Gasteiger partial charge < -0.3 is 10.6 Å². The molecule has 0 atom stereocenters. The Balaban J connectivity index is 1.53. The highest BCUT2D eigenvalue weighted by Gasteiger charge is 2.09. The smallest absolute Gasteiger partial charge is 0.258 e. The Kier molecular flexibility index (Phi) is 6.00. The summed E-state index contributed by atoms with van der Waals surface area (Å²) in [5.41, 5.74) is 4.99. The normalized spacial score (nSPS) is 13.8. The number of carbonyl (C=O) groups is 1. The number of amides is 1. The number of aromatic nitrogens is 2. The minimum Gasteiger partial charge on any atom is -0.354 e. The van der Waals surface area contributed by atoms with Gasteiger partial charge in [0.25, 0.3) is 5.91 Å².